The lowest BCUT2D eigenvalue weighted by atomic mass is 9.96. The van der Waals surface area contributed by atoms with Crippen LogP contribution in [0.2, 0.25) is 0 Å². The van der Waals surface area contributed by atoms with E-state index < -0.39 is 0 Å². The number of imidazole rings is 1. The Morgan fingerprint density at radius 1 is 1.21 bits per heavy atom. The van der Waals surface area contributed by atoms with E-state index in [1.54, 1.807) is 13.4 Å². The highest BCUT2D eigenvalue weighted by Gasteiger charge is 2.33. The summed E-state index contributed by atoms with van der Waals surface area (Å²) in [6.07, 6.45) is 5.28. The average Bonchev–Trinajstić information content (AvgIpc) is 3.24. The lowest BCUT2D eigenvalue weighted by molar-refractivity contribution is -0.140. The number of ether oxygens (including phenoxy) is 2. The van der Waals surface area contributed by atoms with E-state index in [4.69, 9.17) is 4.74 Å². The number of nitrogens with zero attached hydrogens (tertiary/aromatic N) is 2. The van der Waals surface area contributed by atoms with Gasteiger partial charge in [0.2, 0.25) is 0 Å². The number of carbonyl (C=O) groups excluding carboxylic acids is 2. The molecule has 8 nitrogen and oxygen atoms in total. The number of rotatable bonds is 8. The fourth-order valence-corrected chi connectivity index (χ4v) is 3.59. The molecule has 2 aromatic rings. The zero-order chi connectivity index (χ0) is 20.6. The number of urea groups is 1. The van der Waals surface area contributed by atoms with Crippen LogP contribution >= 0.6 is 0 Å². The smallest absolute Gasteiger partial charge is 0.318 e. The van der Waals surface area contributed by atoms with E-state index in [0.29, 0.717) is 19.5 Å². The zero-order valence-electron chi connectivity index (χ0n) is 16.9. The molecule has 0 fully saturated rings. The van der Waals surface area contributed by atoms with Gasteiger partial charge in [0, 0.05) is 31.6 Å². The Kier molecular flexibility index (Phi) is 7.10. The molecule has 1 aliphatic rings. The first-order valence-electron chi connectivity index (χ1n) is 9.91. The van der Waals surface area contributed by atoms with Gasteiger partial charge in [0.25, 0.3) is 0 Å². The number of amides is 2. The van der Waals surface area contributed by atoms with Crippen molar-refractivity contribution >= 4 is 12.0 Å². The molecule has 3 rings (SSSR count). The zero-order valence-corrected chi connectivity index (χ0v) is 16.9. The van der Waals surface area contributed by atoms with Crippen molar-refractivity contribution in [1.29, 1.82) is 0 Å². The highest BCUT2D eigenvalue weighted by atomic mass is 16.5. The molecule has 0 saturated carbocycles. The van der Waals surface area contributed by atoms with Crippen molar-refractivity contribution in [2.45, 2.75) is 38.1 Å². The summed E-state index contributed by atoms with van der Waals surface area (Å²) in [5.74, 6) is 0.578. The maximum Gasteiger partial charge on any atom is 0.318 e. The lowest BCUT2D eigenvalue weighted by Crippen LogP contribution is -2.46. The fourth-order valence-electron chi connectivity index (χ4n) is 3.59. The summed E-state index contributed by atoms with van der Waals surface area (Å²) in [6, 6.07) is 7.39. The molecule has 2 amide bonds. The van der Waals surface area contributed by atoms with Gasteiger partial charge in [0.15, 0.2) is 0 Å². The molecule has 0 bridgehead atoms. The number of fused-ring (bicyclic) bond motifs is 1. The van der Waals surface area contributed by atoms with E-state index in [-0.39, 0.29) is 18.0 Å². The molecule has 1 aliphatic heterocycles. The highest BCUT2D eigenvalue weighted by molar-refractivity contribution is 5.75. The van der Waals surface area contributed by atoms with E-state index in [2.05, 4.69) is 20.0 Å². The summed E-state index contributed by atoms with van der Waals surface area (Å²) in [4.78, 5) is 33.5. The summed E-state index contributed by atoms with van der Waals surface area (Å²) < 4.78 is 9.88. The molecule has 0 spiro atoms. The standard InChI is InChI=1S/C21H28N4O4/c1-28-16-9-7-15(8-10-16)20-19-17(23-14-24-19)11-13-25(20)21(27)22-12-5-3-4-6-18(26)29-2/h7-10,14,20H,3-6,11-13H2,1-2H3,(H,22,27)(H,23,24)/t20-/m0/s1. The number of aromatic amines is 1. The van der Waals surface area contributed by atoms with Crippen LogP contribution in [0.1, 0.15) is 48.7 Å². The molecule has 0 saturated heterocycles. The van der Waals surface area contributed by atoms with Gasteiger partial charge in [0.1, 0.15) is 11.8 Å². The first kappa shape index (κ1) is 20.7. The third kappa shape index (κ3) is 5.07. The number of unbranched alkanes of at least 4 members (excludes halogenated alkanes) is 2. The molecule has 29 heavy (non-hydrogen) atoms. The number of carbonyl (C=O) groups is 2. The molecule has 8 heteroatoms. The van der Waals surface area contributed by atoms with Gasteiger partial charge in [-0.15, -0.1) is 0 Å². The number of H-pyrrole nitrogens is 1. The van der Waals surface area contributed by atoms with Crippen LogP contribution in [-0.4, -0.2) is 54.2 Å². The molecule has 2 N–H and O–H groups in total. The van der Waals surface area contributed by atoms with Crippen molar-refractivity contribution in [1.82, 2.24) is 20.2 Å². The van der Waals surface area contributed by atoms with Crippen LogP contribution in [0.5, 0.6) is 5.75 Å². The van der Waals surface area contributed by atoms with Crippen LogP contribution < -0.4 is 10.1 Å². The second kappa shape index (κ2) is 9.95. The van der Waals surface area contributed by atoms with Crippen LogP contribution in [0.3, 0.4) is 0 Å². The minimum atomic E-state index is -0.241. The maximum atomic E-state index is 12.9. The quantitative estimate of drug-likeness (QED) is 0.525. The molecule has 0 radical (unpaired) electrons. The van der Waals surface area contributed by atoms with Gasteiger partial charge in [-0.3, -0.25) is 4.79 Å². The van der Waals surface area contributed by atoms with Gasteiger partial charge in [0.05, 0.1) is 26.2 Å². The number of aromatic nitrogens is 2. The van der Waals surface area contributed by atoms with Gasteiger partial charge in [-0.25, -0.2) is 9.78 Å². The molecule has 1 atom stereocenters. The molecule has 1 aromatic carbocycles. The Morgan fingerprint density at radius 2 is 2.00 bits per heavy atom. The Bertz CT molecular complexity index is 818. The predicted octanol–water partition coefficient (Wildman–Crippen LogP) is 2.81. The maximum absolute atomic E-state index is 12.9. The average molecular weight is 400 g/mol. The largest absolute Gasteiger partial charge is 0.497 e. The third-order valence-corrected chi connectivity index (χ3v) is 5.18. The SMILES string of the molecule is COC(=O)CCCCCNC(=O)N1CCc2[nH]cnc2[C@@H]1c1ccc(OC)cc1. The van der Waals surface area contributed by atoms with Crippen molar-refractivity contribution in [3.8, 4) is 5.75 Å². The molecular weight excluding hydrogens is 372 g/mol. The Morgan fingerprint density at radius 3 is 2.72 bits per heavy atom. The van der Waals surface area contributed by atoms with E-state index in [1.165, 1.54) is 7.11 Å². The second-order valence-corrected chi connectivity index (χ2v) is 7.00. The third-order valence-electron chi connectivity index (χ3n) is 5.18. The molecule has 0 unspecified atom stereocenters. The summed E-state index contributed by atoms with van der Waals surface area (Å²) in [7, 11) is 3.03. The summed E-state index contributed by atoms with van der Waals surface area (Å²) in [5.41, 5.74) is 2.94. The summed E-state index contributed by atoms with van der Waals surface area (Å²) in [5, 5.41) is 3.01. The van der Waals surface area contributed by atoms with Crippen molar-refractivity contribution in [3.05, 3.63) is 47.5 Å². The summed E-state index contributed by atoms with van der Waals surface area (Å²) in [6.45, 7) is 1.18. The minimum Gasteiger partial charge on any atom is -0.497 e. The Labute approximate surface area is 170 Å². The predicted molar refractivity (Wildman–Crippen MR) is 108 cm³/mol. The van der Waals surface area contributed by atoms with Crippen molar-refractivity contribution in [2.75, 3.05) is 27.3 Å². The molecule has 1 aromatic heterocycles. The van der Waals surface area contributed by atoms with Crippen LogP contribution in [0.15, 0.2) is 30.6 Å². The van der Waals surface area contributed by atoms with Crippen LogP contribution in [0.4, 0.5) is 4.79 Å². The molecule has 156 valence electrons. The number of hydrogen-bond donors (Lipinski definition) is 2. The number of hydrogen-bond acceptors (Lipinski definition) is 5. The van der Waals surface area contributed by atoms with Crippen molar-refractivity contribution < 1.29 is 19.1 Å². The number of benzene rings is 1. The first-order valence-corrected chi connectivity index (χ1v) is 9.91. The lowest BCUT2D eigenvalue weighted by Gasteiger charge is -2.35. The van der Waals surface area contributed by atoms with Crippen LogP contribution in [0.25, 0.3) is 0 Å². The van der Waals surface area contributed by atoms with Crippen molar-refractivity contribution in [3.63, 3.8) is 0 Å². The summed E-state index contributed by atoms with van der Waals surface area (Å²) >= 11 is 0. The monoisotopic (exact) mass is 400 g/mol. The molecule has 2 heterocycles. The van der Waals surface area contributed by atoms with E-state index in [1.807, 2.05) is 29.2 Å². The molecule has 0 aliphatic carbocycles. The number of esters is 1. The normalized spacial score (nSPS) is 15.5. The van der Waals surface area contributed by atoms with E-state index in [9.17, 15) is 9.59 Å². The Balaban J connectivity index is 1.62. The van der Waals surface area contributed by atoms with Gasteiger partial charge in [-0.05, 0) is 30.5 Å². The number of nitrogens with one attached hydrogen (secondary N) is 2. The van der Waals surface area contributed by atoms with Crippen LogP contribution in [-0.2, 0) is 16.0 Å². The Hall–Kier alpha value is -3.03. The van der Waals surface area contributed by atoms with Gasteiger partial charge in [-0.2, -0.15) is 0 Å². The number of methoxy groups -OCH3 is 2. The van der Waals surface area contributed by atoms with Gasteiger partial charge < -0.3 is 24.7 Å². The van der Waals surface area contributed by atoms with E-state index in [0.717, 1.165) is 48.4 Å². The van der Waals surface area contributed by atoms with Gasteiger partial charge >= 0.3 is 12.0 Å². The highest BCUT2D eigenvalue weighted by Crippen LogP contribution is 2.34. The minimum absolute atomic E-state index is 0.104. The fraction of sp³-hybridized carbons (Fsp3) is 0.476. The van der Waals surface area contributed by atoms with Crippen molar-refractivity contribution in [2.24, 2.45) is 0 Å². The van der Waals surface area contributed by atoms with E-state index >= 15 is 0 Å². The topological polar surface area (TPSA) is 96.6 Å². The van der Waals surface area contributed by atoms with Crippen LogP contribution in [0, 0.1) is 0 Å². The van der Waals surface area contributed by atoms with Gasteiger partial charge in [-0.1, -0.05) is 18.6 Å². The molecular formula is C21H28N4O4. The first-order chi connectivity index (χ1) is 14.1. The second-order valence-electron chi connectivity index (χ2n) is 7.00.